The molecule has 384 valence electrons. The molecule has 18 fully saturated rings. The molecule has 0 heterocycles. The van der Waals surface area contributed by atoms with E-state index in [1.165, 1.54) is 259 Å². The summed E-state index contributed by atoms with van der Waals surface area (Å²) in [6.07, 6.45) is 84.4. The summed E-state index contributed by atoms with van der Waals surface area (Å²) in [7, 11) is 0. The van der Waals surface area contributed by atoms with Crippen molar-refractivity contribution < 1.29 is 0 Å². The van der Waals surface area contributed by atoms with Gasteiger partial charge in [0.2, 0.25) is 0 Å². The van der Waals surface area contributed by atoms with E-state index in [1.807, 2.05) is 0 Å². The highest BCUT2D eigenvalue weighted by Crippen LogP contribution is 2.54. The topological polar surface area (TPSA) is 0 Å². The molecule has 18 saturated carbocycles. The summed E-state index contributed by atoms with van der Waals surface area (Å²) in [6, 6.07) is 0. The summed E-state index contributed by atoms with van der Waals surface area (Å²) in [5, 5.41) is 0. The fourth-order valence-corrected chi connectivity index (χ4v) is 16.1. The van der Waals surface area contributed by atoms with Crippen LogP contribution in [0.1, 0.15) is 353 Å². The molecule has 0 aromatic heterocycles. The van der Waals surface area contributed by atoms with E-state index in [0.717, 1.165) is 17.3 Å². The van der Waals surface area contributed by atoms with Crippen molar-refractivity contribution in [1.82, 2.24) is 0 Å². The monoisotopic (exact) mass is 913 g/mol. The molecular weight excluding hydrogens is 793 g/mol. The third kappa shape index (κ3) is 21.4. The second-order valence-corrected chi connectivity index (χ2v) is 27.3. The van der Waals surface area contributed by atoms with Crippen LogP contribution in [0.2, 0.25) is 0 Å². The van der Waals surface area contributed by atoms with Gasteiger partial charge in [-0.1, -0.05) is 263 Å². The van der Waals surface area contributed by atoms with Gasteiger partial charge >= 0.3 is 0 Å². The lowest BCUT2D eigenvalue weighted by atomic mass is 9.56. The molecule has 0 heteroatoms. The third-order valence-corrected chi connectivity index (χ3v) is 21.3. The van der Waals surface area contributed by atoms with E-state index in [-0.39, 0.29) is 0 Å². The van der Waals surface area contributed by atoms with Crippen LogP contribution in [-0.4, -0.2) is 0 Å². The van der Waals surface area contributed by atoms with Crippen molar-refractivity contribution in [3.8, 4) is 0 Å². The van der Waals surface area contributed by atoms with E-state index in [1.54, 1.807) is 141 Å². The van der Waals surface area contributed by atoms with Crippen LogP contribution < -0.4 is 0 Å². The highest BCUT2D eigenvalue weighted by Gasteiger charge is 2.42. The molecule has 1 spiro atoms. The van der Waals surface area contributed by atoms with Crippen molar-refractivity contribution in [2.75, 3.05) is 0 Å². The Balaban J connectivity index is 0.000000111. The highest BCUT2D eigenvalue weighted by atomic mass is 14.5. The average molecular weight is 914 g/mol. The molecule has 66 heavy (non-hydrogen) atoms. The minimum atomic E-state index is 0.901. The molecular formula is C66H120. The zero-order valence-corrected chi connectivity index (χ0v) is 45.2. The minimum Gasteiger partial charge on any atom is -0.0533 e. The molecule has 0 aliphatic heterocycles. The summed E-state index contributed by atoms with van der Waals surface area (Å²) in [6.45, 7) is 0. The molecule has 0 aromatic rings. The number of rotatable bonds is 0. The lowest BCUT2D eigenvalue weighted by molar-refractivity contribution is 0.0197. The molecule has 0 aromatic carbocycles. The summed E-state index contributed by atoms with van der Waals surface area (Å²) >= 11 is 0. The number of hydrogen-bond acceptors (Lipinski definition) is 0. The van der Waals surface area contributed by atoms with Crippen LogP contribution in [0.3, 0.4) is 0 Å². The molecule has 0 radical (unpaired) electrons. The standard InChI is InChI=1S/C10H16.C10H18.C9H16.C7H12.C7H14.C6H12.C5H8.C5H10.C4H8.C3H6/c1-7-2-9-4-8(1)5-10(3-7)6-9;1-2-6-10-8-4-3-7-9(10)5-1;1-2-5-9(6-3-1)7-4-8-9;1-2-7-4-3-6(1)5-7;1-2-4-6-7-5-3-1;1-2-4-6-5-3-1;1-4-2-5(1)3-4;1-2-4-5-3-1;1-2-4-3-1;1-2-3-1/h7-10H,1-6H2;9-10H,1-8H2;1-8H2;6-7H,1-5H2;1-7H2;1-6H2;4-5H,1-3H2;1-5H2;1-4H2;1-3H2. The first kappa shape index (κ1) is 53.8. The molecule has 0 saturated heterocycles. The van der Waals surface area contributed by atoms with E-state index in [2.05, 4.69) is 0 Å². The van der Waals surface area contributed by atoms with Gasteiger partial charge in [0.25, 0.3) is 0 Å². The SMILES string of the molecule is C1C2CC1C2.C1C2CC3CC1CC(C2)C3.C1CC1.C1CC2CCC1C2.C1CCC1.C1CCC2(CC1)CCC2.C1CCC2CCCCC2C1.C1CCCC1.C1CCCCC1.C1CCCCCC1. The third-order valence-electron chi connectivity index (χ3n) is 21.3. The maximum Gasteiger partial charge on any atom is -0.0297 e. The van der Waals surface area contributed by atoms with Crippen molar-refractivity contribution >= 4 is 0 Å². The van der Waals surface area contributed by atoms with Gasteiger partial charge in [-0.25, -0.2) is 0 Å². The Morgan fingerprint density at radius 1 is 0.152 bits per heavy atom. The van der Waals surface area contributed by atoms with Crippen molar-refractivity contribution in [3.05, 3.63) is 0 Å². The van der Waals surface area contributed by atoms with Crippen molar-refractivity contribution in [1.29, 1.82) is 0 Å². The average Bonchev–Trinajstić information content (AvgIpc) is 3.82. The van der Waals surface area contributed by atoms with Gasteiger partial charge in [-0.05, 0) is 154 Å². The maximum atomic E-state index is 1.60. The Hall–Kier alpha value is 0. The first-order valence-corrected chi connectivity index (χ1v) is 32.7. The van der Waals surface area contributed by atoms with Crippen molar-refractivity contribution in [2.24, 2.45) is 64.6 Å². The molecule has 0 unspecified atom stereocenters. The van der Waals surface area contributed by atoms with Crippen molar-refractivity contribution in [2.45, 2.75) is 353 Å². The molecule has 0 atom stereocenters. The Bertz CT molecular complexity index is 988. The fraction of sp³-hybridized carbons (Fsp3) is 1.00. The predicted molar refractivity (Wildman–Crippen MR) is 291 cm³/mol. The van der Waals surface area contributed by atoms with E-state index in [0.29, 0.717) is 0 Å². The van der Waals surface area contributed by atoms with Crippen LogP contribution >= 0.6 is 0 Å². The number of fused-ring (bicyclic) bond motifs is 3. The largest absolute Gasteiger partial charge is 0.0533 e. The van der Waals surface area contributed by atoms with E-state index in [9.17, 15) is 0 Å². The second kappa shape index (κ2) is 32.2. The zero-order valence-electron chi connectivity index (χ0n) is 45.2. The van der Waals surface area contributed by atoms with Crippen molar-refractivity contribution in [3.63, 3.8) is 0 Å². The van der Waals surface area contributed by atoms with Gasteiger partial charge in [-0.2, -0.15) is 0 Å². The quantitative estimate of drug-likeness (QED) is 0.213. The smallest absolute Gasteiger partial charge is 0.0297 e. The van der Waals surface area contributed by atoms with Crippen LogP contribution in [0.5, 0.6) is 0 Å². The van der Waals surface area contributed by atoms with Gasteiger partial charge in [0.05, 0.1) is 0 Å². The highest BCUT2D eigenvalue weighted by molar-refractivity contribution is 4.94. The van der Waals surface area contributed by atoms with Crippen LogP contribution in [0.4, 0.5) is 0 Å². The van der Waals surface area contributed by atoms with Gasteiger partial charge in [0.1, 0.15) is 0 Å². The van der Waals surface area contributed by atoms with Gasteiger partial charge in [-0.15, -0.1) is 0 Å². The summed E-state index contributed by atoms with van der Waals surface area (Å²) in [4.78, 5) is 0. The van der Waals surface area contributed by atoms with Crippen LogP contribution in [-0.2, 0) is 0 Å². The predicted octanol–water partition coefficient (Wildman–Crippen LogP) is 22.7. The Kier molecular flexibility index (Phi) is 26.2. The zero-order chi connectivity index (χ0) is 45.2. The summed E-state index contributed by atoms with van der Waals surface area (Å²) in [5.74, 6) is 11.8. The summed E-state index contributed by atoms with van der Waals surface area (Å²) in [5.41, 5.74) is 0.901. The first-order valence-electron chi connectivity index (χ1n) is 32.7. The molecule has 8 bridgehead atoms. The molecule has 18 aliphatic rings. The van der Waals surface area contributed by atoms with Gasteiger partial charge < -0.3 is 0 Å². The lowest BCUT2D eigenvalue weighted by Crippen LogP contribution is -2.38. The normalized spacial score (nSPS) is 37.8. The Labute approximate surface area is 415 Å². The fourth-order valence-electron chi connectivity index (χ4n) is 16.1. The van der Waals surface area contributed by atoms with E-state index >= 15 is 0 Å². The second-order valence-electron chi connectivity index (χ2n) is 27.3. The first-order chi connectivity index (χ1) is 32.7. The Morgan fingerprint density at radius 2 is 0.333 bits per heavy atom. The van der Waals surface area contributed by atoms with E-state index < -0.39 is 0 Å². The molecule has 18 rings (SSSR count). The molecule has 18 aliphatic carbocycles. The van der Waals surface area contributed by atoms with Gasteiger partial charge in [0.15, 0.2) is 0 Å². The summed E-state index contributed by atoms with van der Waals surface area (Å²) < 4.78 is 0. The minimum absolute atomic E-state index is 0.901. The molecule has 0 amide bonds. The van der Waals surface area contributed by atoms with Gasteiger partial charge in [0, 0.05) is 0 Å². The maximum absolute atomic E-state index is 1.60. The molecule has 0 N–H and O–H groups in total. The van der Waals surface area contributed by atoms with Crippen LogP contribution in [0.15, 0.2) is 0 Å². The number of hydrogen-bond donors (Lipinski definition) is 0. The lowest BCUT2D eigenvalue weighted by Gasteiger charge is -2.49. The van der Waals surface area contributed by atoms with Gasteiger partial charge in [-0.3, -0.25) is 0 Å². The Morgan fingerprint density at radius 3 is 0.485 bits per heavy atom. The molecule has 0 nitrogen and oxygen atoms in total. The van der Waals surface area contributed by atoms with E-state index in [4.69, 9.17) is 0 Å². The van der Waals surface area contributed by atoms with Crippen LogP contribution in [0, 0.1) is 64.6 Å². The van der Waals surface area contributed by atoms with Crippen LogP contribution in [0.25, 0.3) is 0 Å².